The van der Waals surface area contributed by atoms with Crippen molar-refractivity contribution >= 4 is 11.7 Å². The second-order valence-corrected chi connectivity index (χ2v) is 4.08. The van der Waals surface area contributed by atoms with Crippen LogP contribution in [0.4, 0.5) is 5.69 Å². The molecule has 0 saturated carbocycles. The van der Waals surface area contributed by atoms with E-state index in [0.717, 1.165) is 11.3 Å². The molecular weight excluding hydrogens is 228 g/mol. The molecule has 0 fully saturated rings. The number of hydrogen-bond acceptors (Lipinski definition) is 4. The van der Waals surface area contributed by atoms with E-state index in [2.05, 4.69) is 10.3 Å². The Labute approximate surface area is 105 Å². The standard InChI is InChI=1S/C14H12N2O2/c17-14(12-7-3-4-8-15-12)18-13-9-16-11-6-2-1-5-10(11)13/h1-8,13,16H,9H2. The molecule has 1 atom stereocenters. The molecule has 3 rings (SSSR count). The van der Waals surface area contributed by atoms with Gasteiger partial charge in [0.15, 0.2) is 0 Å². The van der Waals surface area contributed by atoms with Crippen molar-refractivity contribution in [3.05, 3.63) is 59.9 Å². The number of ether oxygens (including phenoxy) is 1. The zero-order chi connectivity index (χ0) is 12.4. The highest BCUT2D eigenvalue weighted by molar-refractivity contribution is 5.87. The smallest absolute Gasteiger partial charge is 0.357 e. The first-order chi connectivity index (χ1) is 8.84. The zero-order valence-electron chi connectivity index (χ0n) is 9.67. The number of carbonyl (C=O) groups excluding carboxylic acids is 1. The molecule has 1 unspecified atom stereocenters. The van der Waals surface area contributed by atoms with Gasteiger partial charge in [-0.3, -0.25) is 0 Å². The van der Waals surface area contributed by atoms with Crippen LogP contribution in [0.15, 0.2) is 48.7 Å². The van der Waals surface area contributed by atoms with Gasteiger partial charge in [-0.25, -0.2) is 9.78 Å². The lowest BCUT2D eigenvalue weighted by molar-refractivity contribution is 0.0332. The third kappa shape index (κ3) is 1.93. The molecule has 0 radical (unpaired) electrons. The van der Waals surface area contributed by atoms with Crippen molar-refractivity contribution < 1.29 is 9.53 Å². The van der Waals surface area contributed by atoms with E-state index in [1.165, 1.54) is 0 Å². The fourth-order valence-electron chi connectivity index (χ4n) is 2.03. The number of hydrogen-bond donors (Lipinski definition) is 1. The van der Waals surface area contributed by atoms with Crippen LogP contribution in [0.2, 0.25) is 0 Å². The predicted molar refractivity (Wildman–Crippen MR) is 67.3 cm³/mol. The van der Waals surface area contributed by atoms with Crippen LogP contribution in [0.25, 0.3) is 0 Å². The minimum atomic E-state index is -0.390. The van der Waals surface area contributed by atoms with Crippen molar-refractivity contribution in [1.29, 1.82) is 0 Å². The summed E-state index contributed by atoms with van der Waals surface area (Å²) in [7, 11) is 0. The van der Waals surface area contributed by atoms with Gasteiger partial charge < -0.3 is 10.1 Å². The third-order valence-corrected chi connectivity index (χ3v) is 2.91. The van der Waals surface area contributed by atoms with E-state index < -0.39 is 0 Å². The van der Waals surface area contributed by atoms with Gasteiger partial charge in [0.1, 0.15) is 11.8 Å². The van der Waals surface area contributed by atoms with Gasteiger partial charge in [0.25, 0.3) is 0 Å². The highest BCUT2D eigenvalue weighted by Gasteiger charge is 2.25. The van der Waals surface area contributed by atoms with Gasteiger partial charge >= 0.3 is 5.97 Å². The second kappa shape index (κ2) is 4.49. The molecule has 1 aliphatic heterocycles. The summed E-state index contributed by atoms with van der Waals surface area (Å²) >= 11 is 0. The van der Waals surface area contributed by atoms with Crippen LogP contribution >= 0.6 is 0 Å². The fourth-order valence-corrected chi connectivity index (χ4v) is 2.03. The van der Waals surface area contributed by atoms with E-state index in [9.17, 15) is 4.79 Å². The van der Waals surface area contributed by atoms with Gasteiger partial charge in [0, 0.05) is 17.4 Å². The average molecular weight is 240 g/mol. The summed E-state index contributed by atoms with van der Waals surface area (Å²) in [5, 5.41) is 3.21. The number of nitrogens with one attached hydrogen (secondary N) is 1. The molecule has 2 aromatic rings. The molecule has 1 aliphatic rings. The summed E-state index contributed by atoms with van der Waals surface area (Å²) in [5.74, 6) is -0.390. The van der Waals surface area contributed by atoms with E-state index in [-0.39, 0.29) is 12.1 Å². The van der Waals surface area contributed by atoms with E-state index in [0.29, 0.717) is 12.2 Å². The van der Waals surface area contributed by atoms with E-state index in [1.807, 2.05) is 24.3 Å². The number of rotatable bonds is 2. The summed E-state index contributed by atoms with van der Waals surface area (Å²) < 4.78 is 5.46. The average Bonchev–Trinajstić information content (AvgIpc) is 2.83. The summed E-state index contributed by atoms with van der Waals surface area (Å²) in [6.07, 6.45) is 1.34. The fraction of sp³-hybridized carbons (Fsp3) is 0.143. The monoisotopic (exact) mass is 240 g/mol. The summed E-state index contributed by atoms with van der Waals surface area (Å²) in [6.45, 7) is 0.609. The van der Waals surface area contributed by atoms with Gasteiger partial charge in [-0.15, -0.1) is 0 Å². The number of aromatic nitrogens is 1. The van der Waals surface area contributed by atoms with E-state index >= 15 is 0 Å². The maximum absolute atomic E-state index is 11.9. The Bertz CT molecular complexity index is 569. The lowest BCUT2D eigenvalue weighted by Crippen LogP contribution is -2.14. The number of benzene rings is 1. The molecule has 1 N–H and O–H groups in total. The van der Waals surface area contributed by atoms with Crippen LogP contribution in [-0.4, -0.2) is 17.5 Å². The van der Waals surface area contributed by atoms with Crippen LogP contribution in [-0.2, 0) is 4.74 Å². The molecule has 0 saturated heterocycles. The van der Waals surface area contributed by atoms with Crippen molar-refractivity contribution in [1.82, 2.24) is 4.98 Å². The van der Waals surface area contributed by atoms with Crippen LogP contribution in [0, 0.1) is 0 Å². The molecule has 0 bridgehead atoms. The van der Waals surface area contributed by atoms with Crippen molar-refractivity contribution in [2.75, 3.05) is 11.9 Å². The summed E-state index contributed by atoms with van der Waals surface area (Å²) in [5.41, 5.74) is 2.37. The van der Waals surface area contributed by atoms with Crippen LogP contribution in [0.1, 0.15) is 22.2 Å². The molecule has 4 heteroatoms. The molecule has 2 heterocycles. The number of para-hydroxylation sites is 1. The first-order valence-corrected chi connectivity index (χ1v) is 5.79. The van der Waals surface area contributed by atoms with E-state index in [4.69, 9.17) is 4.74 Å². The Morgan fingerprint density at radius 1 is 1.22 bits per heavy atom. The predicted octanol–water partition coefficient (Wildman–Crippen LogP) is 2.41. The van der Waals surface area contributed by atoms with Gasteiger partial charge in [-0.1, -0.05) is 24.3 Å². The summed E-state index contributed by atoms with van der Waals surface area (Å²) in [6, 6.07) is 13.0. The molecule has 90 valence electrons. The number of fused-ring (bicyclic) bond motifs is 1. The van der Waals surface area contributed by atoms with Gasteiger partial charge in [0.05, 0.1) is 6.54 Å². The Morgan fingerprint density at radius 3 is 2.89 bits per heavy atom. The Balaban J connectivity index is 1.77. The summed E-state index contributed by atoms with van der Waals surface area (Å²) in [4.78, 5) is 15.9. The molecule has 0 spiro atoms. The van der Waals surface area contributed by atoms with Gasteiger partial charge in [-0.2, -0.15) is 0 Å². The Kier molecular flexibility index (Phi) is 2.68. The SMILES string of the molecule is O=C(OC1CNc2ccccc21)c1ccccn1. The molecule has 4 nitrogen and oxygen atoms in total. The number of pyridine rings is 1. The maximum atomic E-state index is 11.9. The molecule has 18 heavy (non-hydrogen) atoms. The first kappa shape index (κ1) is 10.8. The van der Waals surface area contributed by atoms with Crippen molar-refractivity contribution in [2.24, 2.45) is 0 Å². The topological polar surface area (TPSA) is 51.2 Å². The number of anilines is 1. The molecule has 0 aliphatic carbocycles. The third-order valence-electron chi connectivity index (χ3n) is 2.91. The molecule has 0 amide bonds. The normalized spacial score (nSPS) is 16.8. The lowest BCUT2D eigenvalue weighted by Gasteiger charge is -2.11. The minimum Gasteiger partial charge on any atom is -0.451 e. The van der Waals surface area contributed by atoms with Crippen molar-refractivity contribution in [3.63, 3.8) is 0 Å². The highest BCUT2D eigenvalue weighted by Crippen LogP contribution is 2.32. The van der Waals surface area contributed by atoms with Crippen molar-refractivity contribution in [3.8, 4) is 0 Å². The van der Waals surface area contributed by atoms with Crippen LogP contribution < -0.4 is 5.32 Å². The van der Waals surface area contributed by atoms with Gasteiger partial charge in [-0.05, 0) is 18.2 Å². The lowest BCUT2D eigenvalue weighted by atomic mass is 10.1. The van der Waals surface area contributed by atoms with E-state index in [1.54, 1.807) is 24.4 Å². The molecule has 1 aromatic carbocycles. The van der Waals surface area contributed by atoms with Crippen LogP contribution in [0.5, 0.6) is 0 Å². The second-order valence-electron chi connectivity index (χ2n) is 4.08. The zero-order valence-corrected chi connectivity index (χ0v) is 9.67. The Hall–Kier alpha value is -2.36. The first-order valence-electron chi connectivity index (χ1n) is 5.79. The number of carbonyl (C=O) groups is 1. The number of esters is 1. The van der Waals surface area contributed by atoms with Gasteiger partial charge in [0.2, 0.25) is 0 Å². The molecule has 1 aromatic heterocycles. The quantitative estimate of drug-likeness (QED) is 0.819. The largest absolute Gasteiger partial charge is 0.451 e. The van der Waals surface area contributed by atoms with Crippen molar-refractivity contribution in [2.45, 2.75) is 6.10 Å². The Morgan fingerprint density at radius 2 is 2.06 bits per heavy atom. The van der Waals surface area contributed by atoms with Crippen LogP contribution in [0.3, 0.4) is 0 Å². The minimum absolute atomic E-state index is 0.240. The maximum Gasteiger partial charge on any atom is 0.357 e. The highest BCUT2D eigenvalue weighted by atomic mass is 16.5. The number of nitrogens with zero attached hydrogens (tertiary/aromatic N) is 1. The molecular formula is C14H12N2O2.